The van der Waals surface area contributed by atoms with Gasteiger partial charge in [0.1, 0.15) is 12.6 Å². The van der Waals surface area contributed by atoms with E-state index in [9.17, 15) is 5.21 Å². The van der Waals surface area contributed by atoms with Crippen molar-refractivity contribution in [2.24, 2.45) is 0 Å². The van der Waals surface area contributed by atoms with Crippen LogP contribution in [0.1, 0.15) is 28.4 Å². The van der Waals surface area contributed by atoms with Crippen LogP contribution in [0.15, 0.2) is 48.5 Å². The zero-order valence-corrected chi connectivity index (χ0v) is 16.0. The average molecular weight is 387 g/mol. The van der Waals surface area contributed by atoms with Crippen LogP contribution in [-0.4, -0.2) is 54.1 Å². The van der Waals surface area contributed by atoms with Crippen molar-refractivity contribution in [2.45, 2.75) is 18.9 Å². The van der Waals surface area contributed by atoms with Crippen molar-refractivity contribution in [3.05, 3.63) is 70.8 Å². The van der Waals surface area contributed by atoms with Crippen LogP contribution in [-0.2, 0) is 27.2 Å². The second-order valence-corrected chi connectivity index (χ2v) is 7.09. The predicted octanol–water partition coefficient (Wildman–Crippen LogP) is 1.18. The number of carbonyl (C=O) groups is 2. The number of aliphatic carboxylic acids is 2. The van der Waals surface area contributed by atoms with Gasteiger partial charge in [-0.1, -0.05) is 48.5 Å². The second-order valence-electron chi connectivity index (χ2n) is 7.09. The molecule has 28 heavy (non-hydrogen) atoms. The molecule has 0 saturated heterocycles. The van der Waals surface area contributed by atoms with E-state index in [1.807, 2.05) is 0 Å². The third-order valence-corrected chi connectivity index (χ3v) is 4.44. The minimum absolute atomic E-state index is 0.0403. The van der Waals surface area contributed by atoms with Crippen LogP contribution < -0.4 is 5.11 Å². The SMILES string of the molecule is C[N+](C)(O)CCOC1c2ccccc2CCc2ccccc21.O=C([O-])C(=O)O. The third kappa shape index (κ3) is 6.16. The number of hydrogen-bond donors (Lipinski definition) is 2. The number of hydroxylamine groups is 3. The summed E-state index contributed by atoms with van der Waals surface area (Å²) in [6.07, 6.45) is 2.06. The molecular formula is C21H25NO6. The number of fused-ring (bicyclic) bond motifs is 2. The highest BCUT2D eigenvalue weighted by Crippen LogP contribution is 2.34. The minimum Gasteiger partial charge on any atom is -0.539 e. The molecule has 3 rings (SSSR count). The molecule has 0 spiro atoms. The molecule has 150 valence electrons. The lowest BCUT2D eigenvalue weighted by atomic mass is 9.97. The zero-order valence-electron chi connectivity index (χ0n) is 16.0. The van der Waals surface area contributed by atoms with E-state index in [2.05, 4.69) is 48.5 Å². The predicted molar refractivity (Wildman–Crippen MR) is 99.5 cm³/mol. The first kappa shape index (κ1) is 21.6. The maximum absolute atomic E-state index is 9.85. The Balaban J connectivity index is 0.000000409. The summed E-state index contributed by atoms with van der Waals surface area (Å²) in [5.74, 6) is -4.01. The van der Waals surface area contributed by atoms with Crippen molar-refractivity contribution >= 4 is 11.9 Å². The maximum atomic E-state index is 9.85. The molecule has 7 nitrogen and oxygen atoms in total. The van der Waals surface area contributed by atoms with Crippen LogP contribution in [0.2, 0.25) is 0 Å². The van der Waals surface area contributed by atoms with Crippen molar-refractivity contribution in [3.63, 3.8) is 0 Å². The van der Waals surface area contributed by atoms with Gasteiger partial charge in [-0.3, -0.25) is 0 Å². The summed E-state index contributed by atoms with van der Waals surface area (Å²) >= 11 is 0. The third-order valence-electron chi connectivity index (χ3n) is 4.44. The molecule has 0 aromatic heterocycles. The number of carboxylic acids is 2. The molecule has 0 aliphatic heterocycles. The monoisotopic (exact) mass is 387 g/mol. The lowest BCUT2D eigenvalue weighted by Gasteiger charge is -2.24. The fourth-order valence-electron chi connectivity index (χ4n) is 3.05. The van der Waals surface area contributed by atoms with Crippen LogP contribution in [0, 0.1) is 0 Å². The van der Waals surface area contributed by atoms with E-state index in [1.54, 1.807) is 14.1 Å². The lowest BCUT2D eigenvalue weighted by molar-refractivity contribution is -1.07. The van der Waals surface area contributed by atoms with Gasteiger partial charge in [-0.15, -0.1) is 0 Å². The van der Waals surface area contributed by atoms with Crippen LogP contribution in [0.5, 0.6) is 0 Å². The molecule has 2 aromatic rings. The quantitative estimate of drug-likeness (QED) is 0.463. The number of nitrogens with zero attached hydrogens (tertiary/aromatic N) is 1. The number of benzene rings is 2. The number of quaternary nitrogens is 1. The van der Waals surface area contributed by atoms with E-state index in [4.69, 9.17) is 24.5 Å². The maximum Gasteiger partial charge on any atom is 0.351 e. The molecule has 1 aliphatic carbocycles. The van der Waals surface area contributed by atoms with Gasteiger partial charge in [-0.05, 0) is 35.1 Å². The van der Waals surface area contributed by atoms with Gasteiger partial charge in [0.05, 0.1) is 20.7 Å². The Labute approximate surface area is 164 Å². The molecule has 0 atom stereocenters. The van der Waals surface area contributed by atoms with Gasteiger partial charge in [0.15, 0.2) is 5.97 Å². The van der Waals surface area contributed by atoms with E-state index in [1.165, 1.54) is 22.3 Å². The summed E-state index contributed by atoms with van der Waals surface area (Å²) in [7, 11) is 3.52. The molecule has 1 aliphatic rings. The highest BCUT2D eigenvalue weighted by atomic mass is 16.5. The molecule has 7 heteroatoms. The van der Waals surface area contributed by atoms with Gasteiger partial charge < -0.3 is 19.7 Å². The van der Waals surface area contributed by atoms with E-state index >= 15 is 0 Å². The van der Waals surface area contributed by atoms with Gasteiger partial charge in [0, 0.05) is 0 Å². The number of rotatable bonds is 4. The zero-order chi connectivity index (χ0) is 20.7. The highest BCUT2D eigenvalue weighted by Gasteiger charge is 2.24. The van der Waals surface area contributed by atoms with Gasteiger partial charge in [-0.25, -0.2) is 10.0 Å². The standard InChI is InChI=1S/C19H24NO2.C2H2O4/c1-20(2,21)13-14-22-19-17-9-5-3-7-15(17)11-12-16-8-4-6-10-18(16)19;3-1(4)2(5)6/h3-10,19,21H,11-14H2,1-2H3;(H,3,4)(H,5,6)/q+1;/p-1. The largest absolute Gasteiger partial charge is 0.539 e. The Bertz CT molecular complexity index is 768. The number of likely N-dealkylation sites (N-methyl/N-ethyl adjacent to an activating group) is 1. The van der Waals surface area contributed by atoms with Gasteiger partial charge in [-0.2, -0.15) is 4.65 Å². The Hall–Kier alpha value is -2.74. The summed E-state index contributed by atoms with van der Waals surface area (Å²) in [6, 6.07) is 17.1. The first-order chi connectivity index (χ1) is 13.2. The van der Waals surface area contributed by atoms with Crippen LogP contribution in [0.3, 0.4) is 0 Å². The number of carbonyl (C=O) groups excluding carboxylic acids is 1. The van der Waals surface area contributed by atoms with E-state index < -0.39 is 11.9 Å². The minimum atomic E-state index is -2.07. The Kier molecular flexibility index (Phi) is 7.28. The van der Waals surface area contributed by atoms with Crippen molar-refractivity contribution in [1.82, 2.24) is 0 Å². The van der Waals surface area contributed by atoms with E-state index in [0.29, 0.717) is 13.2 Å². The Morgan fingerprint density at radius 3 is 1.86 bits per heavy atom. The number of aryl methyl sites for hydroxylation is 2. The average Bonchev–Trinajstić information content (AvgIpc) is 2.79. The van der Waals surface area contributed by atoms with Crippen LogP contribution in [0.25, 0.3) is 0 Å². The van der Waals surface area contributed by atoms with Crippen molar-refractivity contribution < 1.29 is 34.4 Å². The molecule has 0 fully saturated rings. The number of hydrogen-bond acceptors (Lipinski definition) is 5. The van der Waals surface area contributed by atoms with Crippen LogP contribution in [0.4, 0.5) is 0 Å². The molecule has 0 unspecified atom stereocenters. The number of ether oxygens (including phenoxy) is 1. The van der Waals surface area contributed by atoms with E-state index in [-0.39, 0.29) is 10.8 Å². The molecule has 0 amide bonds. The summed E-state index contributed by atoms with van der Waals surface area (Å²) in [4.78, 5) is 18.0. The summed E-state index contributed by atoms with van der Waals surface area (Å²) in [6.45, 7) is 1.09. The molecule has 0 heterocycles. The normalized spacial score (nSPS) is 13.4. The lowest BCUT2D eigenvalue weighted by Crippen LogP contribution is -2.38. The van der Waals surface area contributed by atoms with E-state index in [0.717, 1.165) is 12.8 Å². The molecule has 0 bridgehead atoms. The van der Waals surface area contributed by atoms with Crippen molar-refractivity contribution in [3.8, 4) is 0 Å². The van der Waals surface area contributed by atoms with Crippen molar-refractivity contribution in [2.75, 3.05) is 27.2 Å². The molecular weight excluding hydrogens is 362 g/mol. The highest BCUT2D eigenvalue weighted by molar-refractivity contribution is 6.26. The summed E-state index contributed by atoms with van der Waals surface area (Å²) in [5.41, 5.74) is 5.24. The van der Waals surface area contributed by atoms with Gasteiger partial charge in [0.25, 0.3) is 0 Å². The first-order valence-electron chi connectivity index (χ1n) is 8.96. The molecule has 0 radical (unpaired) electrons. The van der Waals surface area contributed by atoms with Crippen LogP contribution >= 0.6 is 0 Å². The first-order valence-corrected chi connectivity index (χ1v) is 8.96. The van der Waals surface area contributed by atoms with Gasteiger partial charge in [0.2, 0.25) is 0 Å². The topological polar surface area (TPSA) is 107 Å². The Morgan fingerprint density at radius 2 is 1.46 bits per heavy atom. The smallest absolute Gasteiger partial charge is 0.351 e. The summed E-state index contributed by atoms with van der Waals surface area (Å²) < 4.78 is 6.14. The fourth-order valence-corrected chi connectivity index (χ4v) is 3.05. The Morgan fingerprint density at radius 1 is 1.04 bits per heavy atom. The molecule has 2 N–H and O–H groups in total. The molecule has 0 saturated carbocycles. The molecule has 2 aromatic carbocycles. The second kappa shape index (κ2) is 9.45. The number of carboxylic acid groups (broad SMARTS) is 2. The van der Waals surface area contributed by atoms with Gasteiger partial charge >= 0.3 is 5.97 Å². The summed E-state index contributed by atoms with van der Waals surface area (Å²) in [5, 5.41) is 26.2. The fraction of sp³-hybridized carbons (Fsp3) is 0.333. The van der Waals surface area contributed by atoms with Crippen molar-refractivity contribution in [1.29, 1.82) is 0 Å².